The molecule has 10 nitrogen and oxygen atoms in total. The fraction of sp³-hybridized carbons (Fsp3) is 0.227. The zero-order chi connectivity index (χ0) is 37.1. The van der Waals surface area contributed by atoms with Crippen LogP contribution in [0.4, 0.5) is 11.4 Å². The molecule has 6 N–H and O–H groups in total. The summed E-state index contributed by atoms with van der Waals surface area (Å²) in [5, 5.41) is 10.8. The number of rotatable bonds is 4. The lowest BCUT2D eigenvalue weighted by Crippen LogP contribution is -2.49. The molecule has 54 heavy (non-hydrogen) atoms. The Morgan fingerprint density at radius 1 is 0.556 bits per heavy atom. The molecule has 0 saturated heterocycles. The van der Waals surface area contributed by atoms with Gasteiger partial charge in [-0.05, 0) is 105 Å². The average Bonchev–Trinajstić information content (AvgIpc) is 3.21. The van der Waals surface area contributed by atoms with E-state index in [0.29, 0.717) is 11.1 Å². The lowest BCUT2D eigenvalue weighted by Gasteiger charge is -2.44. The van der Waals surface area contributed by atoms with Gasteiger partial charge in [0.25, 0.3) is 11.8 Å². The lowest BCUT2D eigenvalue weighted by atomic mass is 9.90. The van der Waals surface area contributed by atoms with Crippen molar-refractivity contribution in [2.75, 3.05) is 37.1 Å². The molecule has 4 aliphatic rings. The number of methoxy groups -OCH3 is 2. The van der Waals surface area contributed by atoms with Gasteiger partial charge in [-0.1, -0.05) is 60.7 Å². The van der Waals surface area contributed by atoms with Crippen molar-refractivity contribution in [3.8, 4) is 11.5 Å². The van der Waals surface area contributed by atoms with Gasteiger partial charge in [-0.3, -0.25) is 9.59 Å². The summed E-state index contributed by atoms with van der Waals surface area (Å²) in [5.41, 5.74) is 20.3. The summed E-state index contributed by atoms with van der Waals surface area (Å²) in [5.74, 6) is 1.59. The Hall–Kier alpha value is -6.10. The number of amides is 2. The monoisotopic (exact) mass is 718 g/mol. The fourth-order valence-corrected chi connectivity index (χ4v) is 8.50. The van der Waals surface area contributed by atoms with E-state index in [2.05, 4.69) is 56.8 Å². The molecule has 6 aromatic carbocycles. The van der Waals surface area contributed by atoms with Crippen molar-refractivity contribution in [3.05, 3.63) is 143 Å². The fourth-order valence-electron chi connectivity index (χ4n) is 8.50. The molecule has 6 aromatic rings. The van der Waals surface area contributed by atoms with Crippen molar-refractivity contribution < 1.29 is 19.1 Å². The molecular weight excluding hydrogens is 677 g/mol. The highest BCUT2D eigenvalue weighted by Crippen LogP contribution is 2.44. The molecular formula is C44H42N6O4. The maximum Gasteiger partial charge on any atom is 0.255 e. The van der Waals surface area contributed by atoms with Gasteiger partial charge in [0.1, 0.15) is 23.8 Å². The molecule has 272 valence electrons. The van der Waals surface area contributed by atoms with Gasteiger partial charge in [0.05, 0.1) is 36.7 Å². The number of carbonyl (C=O) groups excluding carboxylic acids is 2. The van der Waals surface area contributed by atoms with E-state index in [9.17, 15) is 9.59 Å². The summed E-state index contributed by atoms with van der Waals surface area (Å²) in [6, 6.07) is 36.3. The molecule has 0 unspecified atom stereocenters. The zero-order valence-corrected chi connectivity index (χ0v) is 30.2. The van der Waals surface area contributed by atoms with E-state index in [1.54, 1.807) is 14.2 Å². The van der Waals surface area contributed by atoms with E-state index >= 15 is 0 Å². The zero-order valence-electron chi connectivity index (χ0n) is 30.2. The van der Waals surface area contributed by atoms with Crippen molar-refractivity contribution in [2.24, 2.45) is 11.5 Å². The van der Waals surface area contributed by atoms with Crippen molar-refractivity contribution >= 4 is 44.7 Å². The molecule has 10 rings (SSSR count). The number of nitrogens with two attached hydrogens (primary N) is 2. The molecule has 0 aliphatic carbocycles. The molecule has 0 fully saturated rings. The standard InChI is InChI=1S/2C22H21N3O2/c2*1-27-16-8-7-13-11-15(6-5-14(13)12-16)21-24-22(26)18-4-2-3-17-19(23)9-10-25(21)20(17)18/h2*2-8,11-12,19,21H,9-10,23H2,1H3,(H,24,26)/t2*19-,21-/m10/s1. The van der Waals surface area contributed by atoms with Crippen LogP contribution in [-0.4, -0.2) is 39.1 Å². The number of nitrogens with one attached hydrogen (secondary N) is 2. The quantitative estimate of drug-likeness (QED) is 0.153. The van der Waals surface area contributed by atoms with Crippen LogP contribution >= 0.6 is 0 Å². The minimum absolute atomic E-state index is 0.0215. The van der Waals surface area contributed by atoms with Crippen molar-refractivity contribution in [1.29, 1.82) is 0 Å². The van der Waals surface area contributed by atoms with Gasteiger partial charge in [-0.15, -0.1) is 0 Å². The second-order valence-corrected chi connectivity index (χ2v) is 14.4. The van der Waals surface area contributed by atoms with E-state index in [4.69, 9.17) is 20.9 Å². The normalized spacial score (nSPS) is 21.0. The molecule has 2 amide bonds. The number of nitrogens with zero attached hydrogens (tertiary/aromatic N) is 2. The van der Waals surface area contributed by atoms with E-state index in [1.165, 1.54) is 0 Å². The number of ether oxygens (including phenoxy) is 2. The number of hydrogen-bond acceptors (Lipinski definition) is 8. The first-order valence-corrected chi connectivity index (χ1v) is 18.4. The molecule has 0 bridgehead atoms. The van der Waals surface area contributed by atoms with Gasteiger partial charge in [0, 0.05) is 25.2 Å². The van der Waals surface area contributed by atoms with Gasteiger partial charge in [0.15, 0.2) is 0 Å². The third-order valence-electron chi connectivity index (χ3n) is 11.3. The predicted molar refractivity (Wildman–Crippen MR) is 212 cm³/mol. The lowest BCUT2D eigenvalue weighted by molar-refractivity contribution is 0.0916. The Labute approximate surface area is 313 Å². The molecule has 0 aromatic heterocycles. The summed E-state index contributed by atoms with van der Waals surface area (Å²) in [6.07, 6.45) is 1.36. The summed E-state index contributed by atoms with van der Waals surface area (Å²) >= 11 is 0. The maximum absolute atomic E-state index is 12.8. The molecule has 4 heterocycles. The first kappa shape index (κ1) is 33.7. The summed E-state index contributed by atoms with van der Waals surface area (Å²) < 4.78 is 10.6. The smallest absolute Gasteiger partial charge is 0.255 e. The molecule has 10 heteroatoms. The highest BCUT2D eigenvalue weighted by molar-refractivity contribution is 6.04. The molecule has 0 radical (unpaired) electrons. The molecule has 4 atom stereocenters. The molecule has 4 aliphatic heterocycles. The van der Waals surface area contributed by atoms with Crippen LogP contribution in [0.5, 0.6) is 11.5 Å². The third-order valence-corrected chi connectivity index (χ3v) is 11.3. The van der Waals surface area contributed by atoms with Crippen LogP contribution in [0.1, 0.15) is 80.2 Å². The van der Waals surface area contributed by atoms with Gasteiger partial charge < -0.3 is 41.4 Å². The van der Waals surface area contributed by atoms with Crippen LogP contribution in [0.3, 0.4) is 0 Å². The Balaban J connectivity index is 0.000000142. The second-order valence-electron chi connectivity index (χ2n) is 14.4. The topological polar surface area (TPSA) is 135 Å². The maximum atomic E-state index is 12.8. The Bertz CT molecular complexity index is 2300. The number of para-hydroxylation sites is 2. The van der Waals surface area contributed by atoms with E-state index in [1.807, 2.05) is 72.8 Å². The summed E-state index contributed by atoms with van der Waals surface area (Å²) in [7, 11) is 3.34. The largest absolute Gasteiger partial charge is 0.497 e. The number of fused-ring (bicyclic) bond motifs is 2. The number of anilines is 2. The third kappa shape index (κ3) is 5.66. The molecule has 0 saturated carbocycles. The van der Waals surface area contributed by atoms with Gasteiger partial charge in [0.2, 0.25) is 0 Å². The molecule has 0 spiro atoms. The van der Waals surface area contributed by atoms with E-state index in [-0.39, 0.29) is 36.2 Å². The Kier molecular flexibility index (Phi) is 8.36. The first-order chi connectivity index (χ1) is 26.3. The van der Waals surface area contributed by atoms with E-state index in [0.717, 1.165) is 92.6 Å². The van der Waals surface area contributed by atoms with Crippen LogP contribution in [0.15, 0.2) is 109 Å². The highest BCUT2D eigenvalue weighted by atomic mass is 16.5. The van der Waals surface area contributed by atoms with Gasteiger partial charge >= 0.3 is 0 Å². The van der Waals surface area contributed by atoms with Crippen molar-refractivity contribution in [3.63, 3.8) is 0 Å². The van der Waals surface area contributed by atoms with Crippen LogP contribution < -0.4 is 41.4 Å². The number of hydrogen-bond donors (Lipinski definition) is 4. The highest BCUT2D eigenvalue weighted by Gasteiger charge is 2.38. The van der Waals surface area contributed by atoms with E-state index < -0.39 is 0 Å². The summed E-state index contributed by atoms with van der Waals surface area (Å²) in [6.45, 7) is 1.63. The van der Waals surface area contributed by atoms with Crippen molar-refractivity contribution in [1.82, 2.24) is 10.6 Å². The van der Waals surface area contributed by atoms with Gasteiger partial charge in [-0.2, -0.15) is 0 Å². The predicted octanol–water partition coefficient (Wildman–Crippen LogP) is 7.00. The minimum Gasteiger partial charge on any atom is -0.497 e. The minimum atomic E-state index is -0.190. The van der Waals surface area contributed by atoms with Crippen LogP contribution in [0.25, 0.3) is 21.5 Å². The van der Waals surface area contributed by atoms with Crippen LogP contribution in [-0.2, 0) is 0 Å². The van der Waals surface area contributed by atoms with Crippen molar-refractivity contribution in [2.45, 2.75) is 37.3 Å². The average molecular weight is 719 g/mol. The second kappa shape index (κ2) is 13.4. The van der Waals surface area contributed by atoms with Crippen LogP contribution in [0, 0.1) is 0 Å². The number of carbonyl (C=O) groups is 2. The Morgan fingerprint density at radius 2 is 0.963 bits per heavy atom. The Morgan fingerprint density at radius 3 is 1.39 bits per heavy atom. The first-order valence-electron chi connectivity index (χ1n) is 18.4. The van der Waals surface area contributed by atoms with Crippen LogP contribution in [0.2, 0.25) is 0 Å². The number of benzene rings is 6. The van der Waals surface area contributed by atoms with Gasteiger partial charge in [-0.25, -0.2) is 0 Å². The SMILES string of the molecule is COc1ccc2cc([C@@H]3NC(=O)c4cccc5c4N3CC[C@H]5N)ccc2c1.COc1ccc2cc([C@H]3NC(=O)c4cccc5c4N3CC[C@@H]5N)ccc2c1. The summed E-state index contributed by atoms with van der Waals surface area (Å²) in [4.78, 5) is 30.1.